The average molecular weight is 339 g/mol. The van der Waals surface area contributed by atoms with Gasteiger partial charge in [0.05, 0.1) is 13.5 Å². The molecule has 0 bridgehead atoms. The van der Waals surface area contributed by atoms with Crippen LogP contribution in [0.3, 0.4) is 0 Å². The molecule has 0 spiro atoms. The first-order valence-corrected chi connectivity index (χ1v) is 7.29. The highest BCUT2D eigenvalue weighted by Crippen LogP contribution is 2.28. The summed E-state index contributed by atoms with van der Waals surface area (Å²) in [6.07, 6.45) is -0.704. The number of hydrogen-bond acceptors (Lipinski definition) is 7. The first-order valence-electron chi connectivity index (χ1n) is 7.29. The number of carbonyl (C=O) groups is 3. The Kier molecular flexibility index (Phi) is 7.54. The standard InChI is InChI=1S/C16H21NO7/c1-10(2)7-15(19)24-17-16(20)22-9-12-5-6-13(23-11(3)18)14(8-12)21-4/h5-6,8,10H,7,9H2,1-4H3,(H,17,20). The molecule has 1 amide bonds. The predicted molar refractivity (Wildman–Crippen MR) is 83.2 cm³/mol. The van der Waals surface area contributed by atoms with E-state index < -0.39 is 18.0 Å². The van der Waals surface area contributed by atoms with Gasteiger partial charge in [-0.15, -0.1) is 5.48 Å². The first-order chi connectivity index (χ1) is 11.3. The van der Waals surface area contributed by atoms with E-state index in [2.05, 4.69) is 4.84 Å². The summed E-state index contributed by atoms with van der Waals surface area (Å²) in [7, 11) is 1.42. The van der Waals surface area contributed by atoms with Crippen molar-refractivity contribution in [1.29, 1.82) is 0 Å². The lowest BCUT2D eigenvalue weighted by atomic mass is 10.1. The highest BCUT2D eigenvalue weighted by atomic mass is 16.7. The fraction of sp³-hybridized carbons (Fsp3) is 0.438. The maximum atomic E-state index is 11.5. The van der Waals surface area contributed by atoms with Crippen LogP contribution in [-0.4, -0.2) is 25.1 Å². The van der Waals surface area contributed by atoms with Gasteiger partial charge in [0.2, 0.25) is 0 Å². The third-order valence-corrected chi connectivity index (χ3v) is 2.67. The quantitative estimate of drug-likeness (QED) is 0.482. The number of esters is 1. The largest absolute Gasteiger partial charge is 0.493 e. The molecule has 0 unspecified atom stereocenters. The second-order valence-corrected chi connectivity index (χ2v) is 5.33. The smallest absolute Gasteiger partial charge is 0.441 e. The fourth-order valence-corrected chi connectivity index (χ4v) is 1.69. The van der Waals surface area contributed by atoms with Crippen LogP contribution in [0.2, 0.25) is 0 Å². The molecule has 1 aromatic carbocycles. The zero-order valence-corrected chi connectivity index (χ0v) is 14.1. The summed E-state index contributed by atoms with van der Waals surface area (Å²) in [6, 6.07) is 4.70. The van der Waals surface area contributed by atoms with E-state index in [4.69, 9.17) is 14.2 Å². The van der Waals surface area contributed by atoms with Crippen LogP contribution in [0, 0.1) is 5.92 Å². The minimum absolute atomic E-state index is 0.0791. The van der Waals surface area contributed by atoms with Crippen molar-refractivity contribution in [2.24, 2.45) is 5.92 Å². The van der Waals surface area contributed by atoms with Crippen molar-refractivity contribution in [2.75, 3.05) is 7.11 Å². The molecule has 0 aliphatic carbocycles. The minimum Gasteiger partial charge on any atom is -0.493 e. The number of carbonyl (C=O) groups excluding carboxylic acids is 3. The molecule has 0 aliphatic rings. The SMILES string of the molecule is COc1cc(COC(=O)NOC(=O)CC(C)C)ccc1OC(C)=O. The second-order valence-electron chi connectivity index (χ2n) is 5.33. The molecule has 0 atom stereocenters. The zero-order valence-electron chi connectivity index (χ0n) is 14.1. The number of benzene rings is 1. The van der Waals surface area contributed by atoms with Crippen molar-refractivity contribution < 1.29 is 33.4 Å². The Morgan fingerprint density at radius 3 is 2.46 bits per heavy atom. The molecule has 8 heteroatoms. The normalized spacial score (nSPS) is 10.0. The third-order valence-electron chi connectivity index (χ3n) is 2.67. The maximum absolute atomic E-state index is 11.5. The maximum Gasteiger partial charge on any atom is 0.441 e. The molecule has 0 heterocycles. The van der Waals surface area contributed by atoms with E-state index in [-0.39, 0.29) is 24.7 Å². The van der Waals surface area contributed by atoms with Gasteiger partial charge in [-0.3, -0.25) is 4.79 Å². The summed E-state index contributed by atoms with van der Waals surface area (Å²) in [5.74, 6) is -0.302. The van der Waals surface area contributed by atoms with Crippen LogP contribution >= 0.6 is 0 Å². The number of hydroxylamine groups is 1. The molecular formula is C16H21NO7. The van der Waals surface area contributed by atoms with Gasteiger partial charge in [0, 0.05) is 6.92 Å². The van der Waals surface area contributed by atoms with E-state index in [1.807, 2.05) is 19.3 Å². The molecule has 0 fully saturated rings. The molecule has 1 rings (SSSR count). The number of amides is 1. The zero-order chi connectivity index (χ0) is 18.1. The lowest BCUT2D eigenvalue weighted by molar-refractivity contribution is -0.150. The van der Waals surface area contributed by atoms with Crippen molar-refractivity contribution in [1.82, 2.24) is 5.48 Å². The lowest BCUT2D eigenvalue weighted by Gasteiger charge is -2.11. The van der Waals surface area contributed by atoms with E-state index in [9.17, 15) is 14.4 Å². The summed E-state index contributed by atoms with van der Waals surface area (Å²) >= 11 is 0. The van der Waals surface area contributed by atoms with Gasteiger partial charge in [0.15, 0.2) is 11.5 Å². The second kappa shape index (κ2) is 9.39. The molecule has 0 saturated heterocycles. The van der Waals surface area contributed by atoms with Gasteiger partial charge in [-0.1, -0.05) is 19.9 Å². The molecule has 1 aromatic rings. The van der Waals surface area contributed by atoms with Gasteiger partial charge in [-0.2, -0.15) is 0 Å². The Morgan fingerprint density at radius 1 is 1.17 bits per heavy atom. The molecule has 8 nitrogen and oxygen atoms in total. The average Bonchev–Trinajstić information content (AvgIpc) is 2.50. The van der Waals surface area contributed by atoms with Crippen LogP contribution in [0.15, 0.2) is 18.2 Å². The number of methoxy groups -OCH3 is 1. The number of ether oxygens (including phenoxy) is 3. The summed E-state index contributed by atoms with van der Waals surface area (Å²) < 4.78 is 15.0. The molecule has 1 N–H and O–H groups in total. The topological polar surface area (TPSA) is 100 Å². The number of hydrogen-bond donors (Lipinski definition) is 1. The van der Waals surface area contributed by atoms with E-state index in [0.29, 0.717) is 11.3 Å². The molecule has 0 radical (unpaired) electrons. The molecule has 132 valence electrons. The molecule has 24 heavy (non-hydrogen) atoms. The molecule has 0 saturated carbocycles. The van der Waals surface area contributed by atoms with Gasteiger partial charge < -0.3 is 19.0 Å². The van der Waals surface area contributed by atoms with Crippen molar-refractivity contribution in [3.05, 3.63) is 23.8 Å². The van der Waals surface area contributed by atoms with Crippen molar-refractivity contribution in [3.8, 4) is 11.5 Å². The minimum atomic E-state index is -0.893. The Hall–Kier alpha value is -2.77. The van der Waals surface area contributed by atoms with Gasteiger partial charge in [-0.05, 0) is 23.6 Å². The van der Waals surface area contributed by atoms with Crippen LogP contribution in [0.4, 0.5) is 4.79 Å². The van der Waals surface area contributed by atoms with Gasteiger partial charge in [-0.25, -0.2) is 9.59 Å². The van der Waals surface area contributed by atoms with Crippen LogP contribution < -0.4 is 15.0 Å². The van der Waals surface area contributed by atoms with Crippen LogP contribution in [0.5, 0.6) is 11.5 Å². The summed E-state index contributed by atoms with van der Waals surface area (Å²) in [4.78, 5) is 38.3. The summed E-state index contributed by atoms with van der Waals surface area (Å²) in [5, 5.41) is 0. The molecular weight excluding hydrogens is 318 g/mol. The monoisotopic (exact) mass is 339 g/mol. The van der Waals surface area contributed by atoms with Gasteiger partial charge in [0.25, 0.3) is 0 Å². The highest BCUT2D eigenvalue weighted by molar-refractivity contribution is 5.73. The van der Waals surface area contributed by atoms with E-state index in [1.165, 1.54) is 20.1 Å². The fourth-order valence-electron chi connectivity index (χ4n) is 1.69. The highest BCUT2D eigenvalue weighted by Gasteiger charge is 2.12. The number of rotatable bonds is 6. The molecule has 0 aliphatic heterocycles. The van der Waals surface area contributed by atoms with E-state index in [0.717, 1.165) is 0 Å². The third kappa shape index (κ3) is 6.99. The van der Waals surface area contributed by atoms with Gasteiger partial charge >= 0.3 is 18.0 Å². The van der Waals surface area contributed by atoms with Crippen molar-refractivity contribution in [3.63, 3.8) is 0 Å². The van der Waals surface area contributed by atoms with Crippen LogP contribution in [-0.2, 0) is 25.8 Å². The van der Waals surface area contributed by atoms with Gasteiger partial charge in [0.1, 0.15) is 6.61 Å². The lowest BCUT2D eigenvalue weighted by Crippen LogP contribution is -2.28. The van der Waals surface area contributed by atoms with Crippen molar-refractivity contribution in [2.45, 2.75) is 33.8 Å². The molecule has 0 aromatic heterocycles. The summed E-state index contributed by atoms with van der Waals surface area (Å²) in [6.45, 7) is 4.91. The van der Waals surface area contributed by atoms with E-state index in [1.54, 1.807) is 12.1 Å². The Bertz CT molecular complexity index is 598. The van der Waals surface area contributed by atoms with Crippen LogP contribution in [0.25, 0.3) is 0 Å². The predicted octanol–water partition coefficient (Wildman–Crippen LogP) is 2.35. The first kappa shape index (κ1) is 19.3. The van der Waals surface area contributed by atoms with Crippen molar-refractivity contribution >= 4 is 18.0 Å². The Labute approximate surface area is 140 Å². The summed E-state index contributed by atoms with van der Waals surface area (Å²) in [5.41, 5.74) is 2.52. The van der Waals surface area contributed by atoms with E-state index >= 15 is 0 Å². The Morgan fingerprint density at radius 2 is 1.88 bits per heavy atom. The Balaban J connectivity index is 2.50. The number of nitrogens with one attached hydrogen (secondary N) is 1. The van der Waals surface area contributed by atoms with Crippen LogP contribution in [0.1, 0.15) is 32.8 Å².